The van der Waals surface area contributed by atoms with Gasteiger partial charge in [0.2, 0.25) is 0 Å². The quantitative estimate of drug-likeness (QED) is 0.826. The zero-order valence-electron chi connectivity index (χ0n) is 8.81. The number of pyridine rings is 2. The second kappa shape index (κ2) is 4.41. The summed E-state index contributed by atoms with van der Waals surface area (Å²) in [7, 11) is 0. The van der Waals surface area contributed by atoms with E-state index in [4.69, 9.17) is 5.26 Å². The second-order valence-corrected chi connectivity index (χ2v) is 3.33. The molecule has 0 aliphatic carbocycles. The molecule has 0 spiro atoms. The summed E-state index contributed by atoms with van der Waals surface area (Å²) in [6, 6.07) is 11.1. The molecule has 4 nitrogen and oxygen atoms in total. The van der Waals surface area contributed by atoms with E-state index in [1.807, 2.05) is 25.1 Å². The lowest BCUT2D eigenvalue weighted by molar-refractivity contribution is 1.19. The molecule has 0 amide bonds. The highest BCUT2D eigenvalue weighted by Gasteiger charge is 1.97. The van der Waals surface area contributed by atoms with Crippen molar-refractivity contribution in [2.24, 2.45) is 0 Å². The minimum atomic E-state index is 0.394. The molecule has 0 fully saturated rings. The van der Waals surface area contributed by atoms with Crippen LogP contribution in [0, 0.1) is 18.3 Å². The monoisotopic (exact) mass is 210 g/mol. The maximum absolute atomic E-state index is 8.71. The fourth-order valence-corrected chi connectivity index (χ4v) is 1.26. The first kappa shape index (κ1) is 10.1. The van der Waals surface area contributed by atoms with Gasteiger partial charge in [0.25, 0.3) is 0 Å². The van der Waals surface area contributed by atoms with E-state index in [0.717, 1.165) is 11.4 Å². The Hall–Kier alpha value is -2.41. The fraction of sp³-hybridized carbons (Fsp3) is 0.0833. The molecule has 0 unspecified atom stereocenters. The minimum Gasteiger partial charge on any atom is -0.339 e. The van der Waals surface area contributed by atoms with Crippen molar-refractivity contribution < 1.29 is 0 Å². The van der Waals surface area contributed by atoms with Crippen LogP contribution in [0.4, 0.5) is 11.5 Å². The van der Waals surface area contributed by atoms with E-state index in [1.165, 1.54) is 0 Å². The molecular formula is C12H10N4. The Morgan fingerprint density at radius 3 is 2.81 bits per heavy atom. The van der Waals surface area contributed by atoms with Gasteiger partial charge in [0.05, 0.1) is 11.9 Å². The van der Waals surface area contributed by atoms with Gasteiger partial charge < -0.3 is 5.32 Å². The number of hydrogen-bond donors (Lipinski definition) is 1. The molecule has 0 atom stereocenters. The van der Waals surface area contributed by atoms with Crippen molar-refractivity contribution in [1.29, 1.82) is 5.26 Å². The summed E-state index contributed by atoms with van der Waals surface area (Å²) in [5.74, 6) is 0.643. The zero-order chi connectivity index (χ0) is 11.4. The SMILES string of the molecule is Cc1ccc(Nc2cccc(C#N)n2)cn1. The number of hydrogen-bond acceptors (Lipinski definition) is 4. The molecule has 0 aromatic carbocycles. The highest BCUT2D eigenvalue weighted by molar-refractivity contribution is 5.55. The van der Waals surface area contributed by atoms with Crippen LogP contribution in [0.2, 0.25) is 0 Å². The standard InChI is InChI=1S/C12H10N4/c1-9-5-6-11(8-14-9)16-12-4-2-3-10(7-13)15-12/h2-6,8H,1H3,(H,15,16). The third kappa shape index (κ3) is 2.34. The van der Waals surface area contributed by atoms with Gasteiger partial charge in [0, 0.05) is 5.69 Å². The summed E-state index contributed by atoms with van der Waals surface area (Å²) in [5.41, 5.74) is 2.21. The number of anilines is 2. The van der Waals surface area contributed by atoms with Crippen LogP contribution >= 0.6 is 0 Å². The topological polar surface area (TPSA) is 61.6 Å². The number of nitriles is 1. The van der Waals surface area contributed by atoms with E-state index in [2.05, 4.69) is 15.3 Å². The van der Waals surface area contributed by atoms with Crippen molar-refractivity contribution in [3.8, 4) is 6.07 Å². The zero-order valence-corrected chi connectivity index (χ0v) is 8.81. The van der Waals surface area contributed by atoms with Gasteiger partial charge in [-0.05, 0) is 31.2 Å². The predicted octanol–water partition coefficient (Wildman–Crippen LogP) is 2.40. The summed E-state index contributed by atoms with van der Waals surface area (Å²) < 4.78 is 0. The summed E-state index contributed by atoms with van der Waals surface area (Å²) >= 11 is 0. The highest BCUT2D eigenvalue weighted by Crippen LogP contribution is 2.13. The van der Waals surface area contributed by atoms with Crippen molar-refractivity contribution in [3.63, 3.8) is 0 Å². The van der Waals surface area contributed by atoms with Crippen molar-refractivity contribution in [2.75, 3.05) is 5.32 Å². The largest absolute Gasteiger partial charge is 0.339 e. The first-order valence-electron chi connectivity index (χ1n) is 4.85. The second-order valence-electron chi connectivity index (χ2n) is 3.33. The Labute approximate surface area is 93.6 Å². The number of aromatic nitrogens is 2. The average molecular weight is 210 g/mol. The summed E-state index contributed by atoms with van der Waals surface area (Å²) in [6.07, 6.45) is 1.73. The van der Waals surface area contributed by atoms with E-state index in [9.17, 15) is 0 Å². The Morgan fingerprint density at radius 2 is 2.12 bits per heavy atom. The van der Waals surface area contributed by atoms with Crippen molar-refractivity contribution in [3.05, 3.63) is 47.9 Å². The maximum atomic E-state index is 8.71. The fourth-order valence-electron chi connectivity index (χ4n) is 1.26. The molecular weight excluding hydrogens is 200 g/mol. The Kier molecular flexibility index (Phi) is 2.79. The lowest BCUT2D eigenvalue weighted by Crippen LogP contribution is -1.95. The first-order valence-corrected chi connectivity index (χ1v) is 4.85. The lowest BCUT2D eigenvalue weighted by atomic mass is 10.3. The molecule has 1 N–H and O–H groups in total. The normalized spacial score (nSPS) is 9.50. The van der Waals surface area contributed by atoms with Crippen LogP contribution in [0.3, 0.4) is 0 Å². The van der Waals surface area contributed by atoms with Gasteiger partial charge in [-0.3, -0.25) is 4.98 Å². The maximum Gasteiger partial charge on any atom is 0.142 e. The molecule has 4 heteroatoms. The molecule has 2 aromatic heterocycles. The van der Waals surface area contributed by atoms with E-state index in [-0.39, 0.29) is 0 Å². The van der Waals surface area contributed by atoms with Crippen LogP contribution in [0.5, 0.6) is 0 Å². The van der Waals surface area contributed by atoms with E-state index < -0.39 is 0 Å². The third-order valence-electron chi connectivity index (χ3n) is 2.05. The molecule has 2 rings (SSSR count). The van der Waals surface area contributed by atoms with Crippen LogP contribution in [0.15, 0.2) is 36.5 Å². The van der Waals surface area contributed by atoms with Gasteiger partial charge in [-0.2, -0.15) is 5.26 Å². The Balaban J connectivity index is 2.21. The molecule has 2 heterocycles. The molecule has 0 aliphatic rings. The van der Waals surface area contributed by atoms with Gasteiger partial charge in [-0.15, -0.1) is 0 Å². The number of rotatable bonds is 2. The predicted molar refractivity (Wildman–Crippen MR) is 61.2 cm³/mol. The van der Waals surface area contributed by atoms with E-state index >= 15 is 0 Å². The molecule has 0 radical (unpaired) electrons. The minimum absolute atomic E-state index is 0.394. The van der Waals surface area contributed by atoms with Gasteiger partial charge in [0.15, 0.2) is 0 Å². The third-order valence-corrected chi connectivity index (χ3v) is 2.05. The number of nitrogens with one attached hydrogen (secondary N) is 1. The van der Waals surface area contributed by atoms with Crippen molar-refractivity contribution in [1.82, 2.24) is 9.97 Å². The Bertz CT molecular complexity index is 525. The van der Waals surface area contributed by atoms with Gasteiger partial charge in [-0.25, -0.2) is 4.98 Å². The van der Waals surface area contributed by atoms with Crippen LogP contribution in [-0.2, 0) is 0 Å². The molecule has 0 saturated heterocycles. The summed E-state index contributed by atoms with van der Waals surface area (Å²) in [5, 5.41) is 11.8. The van der Waals surface area contributed by atoms with Gasteiger partial charge >= 0.3 is 0 Å². The summed E-state index contributed by atoms with van der Waals surface area (Å²) in [4.78, 5) is 8.27. The molecule has 16 heavy (non-hydrogen) atoms. The van der Waals surface area contributed by atoms with Crippen molar-refractivity contribution in [2.45, 2.75) is 6.92 Å². The van der Waals surface area contributed by atoms with Gasteiger partial charge in [-0.1, -0.05) is 6.07 Å². The lowest BCUT2D eigenvalue weighted by Gasteiger charge is -2.04. The molecule has 78 valence electrons. The molecule has 0 bridgehead atoms. The number of nitrogens with zero attached hydrogens (tertiary/aromatic N) is 3. The first-order chi connectivity index (χ1) is 7.78. The van der Waals surface area contributed by atoms with Crippen LogP contribution in [-0.4, -0.2) is 9.97 Å². The molecule has 0 aliphatic heterocycles. The molecule has 2 aromatic rings. The Morgan fingerprint density at radius 1 is 1.25 bits per heavy atom. The van der Waals surface area contributed by atoms with Gasteiger partial charge in [0.1, 0.15) is 17.6 Å². The number of aryl methyl sites for hydroxylation is 1. The average Bonchev–Trinajstić information content (AvgIpc) is 2.32. The van der Waals surface area contributed by atoms with E-state index in [0.29, 0.717) is 11.5 Å². The highest BCUT2D eigenvalue weighted by atomic mass is 15.0. The van der Waals surface area contributed by atoms with Crippen LogP contribution in [0.1, 0.15) is 11.4 Å². The smallest absolute Gasteiger partial charge is 0.142 e. The van der Waals surface area contributed by atoms with Crippen molar-refractivity contribution >= 4 is 11.5 Å². The van der Waals surface area contributed by atoms with E-state index in [1.54, 1.807) is 24.4 Å². The van der Waals surface area contributed by atoms with Crippen LogP contribution in [0.25, 0.3) is 0 Å². The molecule has 0 saturated carbocycles. The summed E-state index contributed by atoms with van der Waals surface area (Å²) in [6.45, 7) is 1.93. The van der Waals surface area contributed by atoms with Crippen LogP contribution < -0.4 is 5.32 Å².